The van der Waals surface area contributed by atoms with Crippen molar-refractivity contribution in [2.45, 2.75) is 52.6 Å². The lowest BCUT2D eigenvalue weighted by Crippen LogP contribution is -2.31. The number of Topliss-reactive ketones (excluding diaryl/α,β-unsaturated/α-hetero) is 2. The van der Waals surface area contributed by atoms with Gasteiger partial charge in [-0.1, -0.05) is 24.3 Å². The van der Waals surface area contributed by atoms with E-state index in [9.17, 15) is 28.8 Å². The number of aliphatic imine (C=N–C) groups is 1. The lowest BCUT2D eigenvalue weighted by atomic mass is 10.1. The molecular formula is C30H32N6O6. The maximum Gasteiger partial charge on any atom is 0.328 e. The molecule has 0 unspecified atom stereocenters. The largest absolute Gasteiger partial charge is 0.333 e. The van der Waals surface area contributed by atoms with Gasteiger partial charge in [-0.25, -0.2) is 14.6 Å². The normalized spacial score (nSPS) is 11.3. The van der Waals surface area contributed by atoms with Gasteiger partial charge < -0.3 is 4.57 Å². The molecule has 0 saturated heterocycles. The van der Waals surface area contributed by atoms with Gasteiger partial charge in [0, 0.05) is 81.2 Å². The Kier molecular flexibility index (Phi) is 9.25. The van der Waals surface area contributed by atoms with Gasteiger partial charge in [0.1, 0.15) is 17.4 Å². The molecule has 0 fully saturated rings. The smallest absolute Gasteiger partial charge is 0.328 e. The third-order valence-corrected chi connectivity index (χ3v) is 6.95. The second-order valence-electron chi connectivity index (χ2n) is 10.2. The summed E-state index contributed by atoms with van der Waals surface area (Å²) in [4.78, 5) is 80.8. The highest BCUT2D eigenvalue weighted by atomic mass is 16.2. The maximum absolute atomic E-state index is 12.6. The summed E-state index contributed by atoms with van der Waals surface area (Å²) < 4.78 is 4.48. The van der Waals surface area contributed by atoms with Gasteiger partial charge in [-0.15, -0.1) is 0 Å². The molecule has 4 aromatic rings. The van der Waals surface area contributed by atoms with E-state index in [-0.39, 0.29) is 50.3 Å². The Hall–Kier alpha value is -5.13. The first-order chi connectivity index (χ1) is 20.0. The number of ketones is 2. The van der Waals surface area contributed by atoms with Gasteiger partial charge in [-0.3, -0.25) is 38.3 Å². The van der Waals surface area contributed by atoms with Gasteiger partial charge in [-0.05, 0) is 37.1 Å². The molecule has 2 N–H and O–H groups in total. The standard InChI is InChI=1S/C30H32N6O6/c1-19-17-35(29(41)32-27(19)39)12-10-24(37)14-21-4-6-22(7-5-21)16-31-26-9-8-23(34(26)3)15-25(38)11-13-36-18-20(2)28(40)33-30(36)42/h4-9,16-18H,10-15H2,1-3H3,(H,32,39,41)(H,33,40,42). The van der Waals surface area contributed by atoms with Gasteiger partial charge in [0.05, 0.1) is 0 Å². The van der Waals surface area contributed by atoms with Crippen molar-refractivity contribution in [3.05, 3.63) is 118 Å². The number of hydrogen-bond acceptors (Lipinski definition) is 7. The number of carbonyl (C=O) groups is 2. The molecule has 0 amide bonds. The van der Waals surface area contributed by atoms with Crippen molar-refractivity contribution in [1.82, 2.24) is 23.7 Å². The van der Waals surface area contributed by atoms with Crippen LogP contribution in [0.1, 0.15) is 40.8 Å². The number of rotatable bonds is 12. The molecule has 0 aliphatic rings. The highest BCUT2D eigenvalue weighted by Gasteiger charge is 2.11. The zero-order chi connectivity index (χ0) is 30.4. The molecule has 3 heterocycles. The van der Waals surface area contributed by atoms with Crippen LogP contribution in [0.2, 0.25) is 0 Å². The average Bonchev–Trinajstić information content (AvgIpc) is 3.29. The number of carbonyl (C=O) groups excluding carboxylic acids is 2. The Bertz CT molecular complexity index is 1890. The van der Waals surface area contributed by atoms with Crippen molar-refractivity contribution < 1.29 is 9.59 Å². The van der Waals surface area contributed by atoms with Crippen molar-refractivity contribution in [2.75, 3.05) is 0 Å². The number of nitrogens with zero attached hydrogens (tertiary/aromatic N) is 4. The molecule has 218 valence electrons. The second-order valence-corrected chi connectivity index (χ2v) is 10.2. The molecule has 0 saturated carbocycles. The van der Waals surface area contributed by atoms with Crippen LogP contribution in [0.3, 0.4) is 0 Å². The molecule has 3 aromatic heterocycles. The molecular weight excluding hydrogens is 540 g/mol. The van der Waals surface area contributed by atoms with E-state index < -0.39 is 22.5 Å². The van der Waals surface area contributed by atoms with E-state index in [1.54, 1.807) is 20.1 Å². The van der Waals surface area contributed by atoms with E-state index in [4.69, 9.17) is 0 Å². The zero-order valence-corrected chi connectivity index (χ0v) is 23.7. The number of benzene rings is 1. The molecule has 0 radical (unpaired) electrons. The number of aromatic nitrogens is 5. The Morgan fingerprint density at radius 3 is 1.83 bits per heavy atom. The molecule has 1 aromatic carbocycles. The minimum atomic E-state index is -0.538. The Morgan fingerprint density at radius 2 is 1.29 bits per heavy atom. The van der Waals surface area contributed by atoms with E-state index in [1.807, 2.05) is 48.0 Å². The van der Waals surface area contributed by atoms with Crippen LogP contribution in [-0.2, 0) is 42.6 Å². The van der Waals surface area contributed by atoms with E-state index in [0.717, 1.165) is 16.8 Å². The number of hydrogen-bond donors (Lipinski definition) is 2. The third-order valence-electron chi connectivity index (χ3n) is 6.95. The first-order valence-corrected chi connectivity index (χ1v) is 13.4. The van der Waals surface area contributed by atoms with Gasteiger partial charge >= 0.3 is 11.4 Å². The lowest BCUT2D eigenvalue weighted by Gasteiger charge is -2.07. The molecule has 4 rings (SSSR count). The van der Waals surface area contributed by atoms with Crippen LogP contribution in [0.4, 0.5) is 5.82 Å². The summed E-state index contributed by atoms with van der Waals surface area (Å²) in [6, 6.07) is 11.1. The van der Waals surface area contributed by atoms with Crippen LogP contribution in [0.25, 0.3) is 0 Å². The molecule has 0 spiro atoms. The average molecular weight is 573 g/mol. The van der Waals surface area contributed by atoms with Gasteiger partial charge in [0.2, 0.25) is 0 Å². The summed E-state index contributed by atoms with van der Waals surface area (Å²) in [6.45, 7) is 3.58. The SMILES string of the molecule is Cc1cn(CCC(=O)Cc2ccc(C=Nc3ccc(CC(=O)CCn4cc(C)c(=O)[nH]c4=O)n3C)cc2)c(=O)[nH]c1=O. The summed E-state index contributed by atoms with van der Waals surface area (Å²) in [5, 5.41) is 0. The monoisotopic (exact) mass is 572 g/mol. The van der Waals surface area contributed by atoms with E-state index in [0.29, 0.717) is 16.9 Å². The molecule has 0 aliphatic heterocycles. The summed E-state index contributed by atoms with van der Waals surface area (Å²) >= 11 is 0. The molecule has 42 heavy (non-hydrogen) atoms. The maximum atomic E-state index is 12.6. The topological polar surface area (TPSA) is 161 Å². The Labute approximate surface area is 240 Å². The lowest BCUT2D eigenvalue weighted by molar-refractivity contribution is -0.119. The van der Waals surface area contributed by atoms with Crippen LogP contribution in [0.5, 0.6) is 0 Å². The predicted octanol–water partition coefficient (Wildman–Crippen LogP) is 1.50. The number of aryl methyl sites for hydroxylation is 4. The fraction of sp³-hybridized carbons (Fsp3) is 0.300. The molecule has 0 aliphatic carbocycles. The summed E-state index contributed by atoms with van der Waals surface area (Å²) in [7, 11) is 1.82. The molecule has 12 nitrogen and oxygen atoms in total. The highest BCUT2D eigenvalue weighted by Crippen LogP contribution is 2.17. The minimum Gasteiger partial charge on any atom is -0.333 e. The summed E-state index contributed by atoms with van der Waals surface area (Å²) in [5.41, 5.74) is 1.33. The molecule has 12 heteroatoms. The van der Waals surface area contributed by atoms with Crippen LogP contribution >= 0.6 is 0 Å². The minimum absolute atomic E-state index is 0.0288. The second kappa shape index (κ2) is 13.0. The first kappa shape index (κ1) is 29.8. The predicted molar refractivity (Wildman–Crippen MR) is 158 cm³/mol. The highest BCUT2D eigenvalue weighted by molar-refractivity contribution is 5.84. The fourth-order valence-corrected chi connectivity index (χ4v) is 4.38. The quantitative estimate of drug-likeness (QED) is 0.245. The van der Waals surface area contributed by atoms with E-state index in [2.05, 4.69) is 15.0 Å². The molecule has 0 atom stereocenters. The van der Waals surface area contributed by atoms with Crippen molar-refractivity contribution in [2.24, 2.45) is 12.0 Å². The van der Waals surface area contributed by atoms with Crippen LogP contribution in [0, 0.1) is 13.8 Å². The zero-order valence-electron chi connectivity index (χ0n) is 23.7. The summed E-state index contributed by atoms with van der Waals surface area (Å²) in [6.07, 6.45) is 5.32. The summed E-state index contributed by atoms with van der Waals surface area (Å²) in [5.74, 6) is 0.588. The van der Waals surface area contributed by atoms with Crippen LogP contribution in [0.15, 0.2) is 73.0 Å². The Balaban J connectivity index is 1.29. The van der Waals surface area contributed by atoms with Crippen LogP contribution < -0.4 is 22.5 Å². The first-order valence-electron chi connectivity index (χ1n) is 13.4. The van der Waals surface area contributed by atoms with Crippen molar-refractivity contribution in [1.29, 1.82) is 0 Å². The van der Waals surface area contributed by atoms with Crippen molar-refractivity contribution >= 4 is 23.6 Å². The third kappa shape index (κ3) is 7.53. The number of nitrogens with one attached hydrogen (secondary N) is 2. The van der Waals surface area contributed by atoms with E-state index in [1.165, 1.54) is 21.5 Å². The van der Waals surface area contributed by atoms with Crippen molar-refractivity contribution in [3.8, 4) is 0 Å². The molecule has 0 bridgehead atoms. The van der Waals surface area contributed by atoms with Gasteiger partial charge in [0.25, 0.3) is 11.1 Å². The number of aromatic amines is 2. The van der Waals surface area contributed by atoms with Crippen LogP contribution in [-0.4, -0.2) is 41.5 Å². The fourth-order valence-electron chi connectivity index (χ4n) is 4.38. The van der Waals surface area contributed by atoms with E-state index >= 15 is 0 Å². The number of H-pyrrole nitrogens is 2. The van der Waals surface area contributed by atoms with Crippen molar-refractivity contribution in [3.63, 3.8) is 0 Å². The van der Waals surface area contributed by atoms with Gasteiger partial charge in [-0.2, -0.15) is 0 Å². The Morgan fingerprint density at radius 1 is 0.762 bits per heavy atom. The van der Waals surface area contributed by atoms with Gasteiger partial charge in [0.15, 0.2) is 0 Å².